The van der Waals surface area contributed by atoms with Crippen LogP contribution >= 0.6 is 11.3 Å². The quantitative estimate of drug-likeness (QED) is 0.940. The van der Waals surface area contributed by atoms with Gasteiger partial charge in [-0.05, 0) is 24.9 Å². The fourth-order valence-corrected chi connectivity index (χ4v) is 3.53. The van der Waals surface area contributed by atoms with Crippen molar-refractivity contribution in [3.63, 3.8) is 0 Å². The SMILES string of the molecule is CCC1CN(c2nc(NC)nc3sccc23)CCN1C. The highest BCUT2D eigenvalue weighted by atomic mass is 32.1. The summed E-state index contributed by atoms with van der Waals surface area (Å²) < 4.78 is 0. The fraction of sp³-hybridized carbons (Fsp3) is 0.571. The van der Waals surface area contributed by atoms with Crippen LogP contribution in [0, 0.1) is 0 Å². The molecule has 0 radical (unpaired) electrons. The van der Waals surface area contributed by atoms with Crippen molar-refractivity contribution in [1.29, 1.82) is 0 Å². The number of fused-ring (bicyclic) bond motifs is 1. The van der Waals surface area contributed by atoms with Crippen molar-refractivity contribution in [3.8, 4) is 0 Å². The Hall–Kier alpha value is -1.40. The van der Waals surface area contributed by atoms with Gasteiger partial charge in [-0.2, -0.15) is 4.98 Å². The van der Waals surface area contributed by atoms with E-state index in [9.17, 15) is 0 Å². The molecular formula is C14H21N5S. The molecule has 3 rings (SSSR count). The highest BCUT2D eigenvalue weighted by molar-refractivity contribution is 7.16. The van der Waals surface area contributed by atoms with Crippen LogP contribution < -0.4 is 10.2 Å². The van der Waals surface area contributed by atoms with Crippen LogP contribution in [0.2, 0.25) is 0 Å². The number of piperazine rings is 1. The largest absolute Gasteiger partial charge is 0.357 e. The molecule has 0 amide bonds. The summed E-state index contributed by atoms with van der Waals surface area (Å²) in [6.45, 7) is 5.41. The molecule has 1 atom stereocenters. The minimum Gasteiger partial charge on any atom is -0.357 e. The summed E-state index contributed by atoms with van der Waals surface area (Å²) in [6, 6.07) is 2.74. The van der Waals surface area contributed by atoms with Gasteiger partial charge in [0.15, 0.2) is 0 Å². The molecule has 0 bridgehead atoms. The number of nitrogens with one attached hydrogen (secondary N) is 1. The molecule has 0 aromatic carbocycles. The summed E-state index contributed by atoms with van der Waals surface area (Å²) in [6.07, 6.45) is 1.17. The molecule has 1 unspecified atom stereocenters. The summed E-state index contributed by atoms with van der Waals surface area (Å²) in [5.74, 6) is 1.79. The van der Waals surface area contributed by atoms with Gasteiger partial charge in [0.2, 0.25) is 5.95 Å². The number of hydrogen-bond donors (Lipinski definition) is 1. The maximum absolute atomic E-state index is 4.70. The van der Waals surface area contributed by atoms with E-state index in [1.165, 1.54) is 11.8 Å². The third-order valence-corrected chi connectivity index (χ3v) is 4.88. The minimum atomic E-state index is 0.602. The van der Waals surface area contributed by atoms with Gasteiger partial charge < -0.3 is 10.2 Å². The standard InChI is InChI=1S/C14H21N5S/c1-4-10-9-19(7-6-18(10)3)12-11-5-8-20-13(11)17-14(15-2)16-12/h5,8,10H,4,6-7,9H2,1-3H3,(H,15,16,17). The second-order valence-corrected chi connectivity index (χ2v) is 6.14. The van der Waals surface area contributed by atoms with E-state index in [0.717, 1.165) is 30.3 Å². The number of thiophene rings is 1. The lowest BCUT2D eigenvalue weighted by Gasteiger charge is -2.39. The monoisotopic (exact) mass is 291 g/mol. The smallest absolute Gasteiger partial charge is 0.225 e. The second kappa shape index (κ2) is 5.54. The Morgan fingerprint density at radius 2 is 2.25 bits per heavy atom. The van der Waals surface area contributed by atoms with Crippen LogP contribution in [0.1, 0.15) is 13.3 Å². The molecule has 3 heterocycles. The topological polar surface area (TPSA) is 44.3 Å². The van der Waals surface area contributed by atoms with E-state index >= 15 is 0 Å². The zero-order chi connectivity index (χ0) is 14.1. The minimum absolute atomic E-state index is 0.602. The maximum atomic E-state index is 4.70. The van der Waals surface area contributed by atoms with E-state index in [-0.39, 0.29) is 0 Å². The van der Waals surface area contributed by atoms with E-state index in [1.54, 1.807) is 11.3 Å². The number of rotatable bonds is 3. The first-order valence-corrected chi connectivity index (χ1v) is 7.99. The molecular weight excluding hydrogens is 270 g/mol. The molecule has 1 saturated heterocycles. The summed E-state index contributed by atoms with van der Waals surface area (Å²) in [5.41, 5.74) is 0. The summed E-state index contributed by atoms with van der Waals surface area (Å²) in [4.78, 5) is 15.1. The Kier molecular flexibility index (Phi) is 3.76. The first kappa shape index (κ1) is 13.6. The Morgan fingerprint density at radius 1 is 1.40 bits per heavy atom. The van der Waals surface area contributed by atoms with E-state index in [2.05, 4.69) is 45.5 Å². The van der Waals surface area contributed by atoms with Gasteiger partial charge in [0.25, 0.3) is 0 Å². The lowest BCUT2D eigenvalue weighted by molar-refractivity contribution is 0.213. The van der Waals surface area contributed by atoms with Gasteiger partial charge in [-0.1, -0.05) is 6.92 Å². The molecule has 2 aromatic rings. The molecule has 5 nitrogen and oxygen atoms in total. The van der Waals surface area contributed by atoms with Gasteiger partial charge in [0, 0.05) is 32.7 Å². The van der Waals surface area contributed by atoms with Gasteiger partial charge in [-0.3, -0.25) is 4.90 Å². The van der Waals surface area contributed by atoms with E-state index in [0.29, 0.717) is 12.0 Å². The van der Waals surface area contributed by atoms with Crippen molar-refractivity contribution in [2.45, 2.75) is 19.4 Å². The van der Waals surface area contributed by atoms with Gasteiger partial charge in [0.1, 0.15) is 10.6 Å². The van der Waals surface area contributed by atoms with Crippen LogP contribution in [0.5, 0.6) is 0 Å². The predicted octanol–water partition coefficient (Wildman–Crippen LogP) is 2.26. The van der Waals surface area contributed by atoms with Crippen LogP contribution in [0.3, 0.4) is 0 Å². The maximum Gasteiger partial charge on any atom is 0.225 e. The van der Waals surface area contributed by atoms with Crippen molar-refractivity contribution in [1.82, 2.24) is 14.9 Å². The average Bonchev–Trinajstić information content (AvgIpc) is 2.95. The Balaban J connectivity index is 1.98. The third kappa shape index (κ3) is 2.33. The Morgan fingerprint density at radius 3 is 3.00 bits per heavy atom. The molecule has 1 aliphatic heterocycles. The van der Waals surface area contributed by atoms with Crippen molar-refractivity contribution in [2.75, 3.05) is 43.9 Å². The van der Waals surface area contributed by atoms with Crippen molar-refractivity contribution in [3.05, 3.63) is 11.4 Å². The fourth-order valence-electron chi connectivity index (χ4n) is 2.77. The number of aromatic nitrogens is 2. The van der Waals surface area contributed by atoms with Crippen LogP contribution in [0.15, 0.2) is 11.4 Å². The molecule has 6 heteroatoms. The first-order chi connectivity index (χ1) is 9.72. The van der Waals surface area contributed by atoms with E-state index in [4.69, 9.17) is 4.98 Å². The van der Waals surface area contributed by atoms with Gasteiger partial charge in [0.05, 0.1) is 5.39 Å². The van der Waals surface area contributed by atoms with E-state index in [1.807, 2.05) is 7.05 Å². The first-order valence-electron chi connectivity index (χ1n) is 7.11. The molecule has 2 aromatic heterocycles. The Labute approximate surface area is 123 Å². The molecule has 1 N–H and O–H groups in total. The molecule has 0 aliphatic carbocycles. The average molecular weight is 291 g/mol. The number of likely N-dealkylation sites (N-methyl/N-ethyl adjacent to an activating group) is 1. The highest BCUT2D eigenvalue weighted by Gasteiger charge is 2.25. The summed E-state index contributed by atoms with van der Waals surface area (Å²) in [5, 5.41) is 6.34. The molecule has 1 aliphatic rings. The summed E-state index contributed by atoms with van der Waals surface area (Å²) in [7, 11) is 4.09. The predicted molar refractivity (Wildman–Crippen MR) is 85.9 cm³/mol. The number of hydrogen-bond acceptors (Lipinski definition) is 6. The zero-order valence-corrected chi connectivity index (χ0v) is 13.1. The Bertz CT molecular complexity index is 596. The van der Waals surface area contributed by atoms with Crippen LogP contribution in [-0.2, 0) is 0 Å². The zero-order valence-electron chi connectivity index (χ0n) is 12.3. The molecule has 1 fully saturated rings. The third-order valence-electron chi connectivity index (χ3n) is 4.08. The highest BCUT2D eigenvalue weighted by Crippen LogP contribution is 2.30. The van der Waals surface area contributed by atoms with Crippen LogP contribution in [0.4, 0.5) is 11.8 Å². The molecule has 108 valence electrons. The van der Waals surface area contributed by atoms with Crippen LogP contribution in [-0.4, -0.2) is 54.6 Å². The normalized spacial score (nSPS) is 20.6. The molecule has 20 heavy (non-hydrogen) atoms. The van der Waals surface area contributed by atoms with Crippen molar-refractivity contribution >= 4 is 33.3 Å². The van der Waals surface area contributed by atoms with Crippen molar-refractivity contribution in [2.24, 2.45) is 0 Å². The van der Waals surface area contributed by atoms with E-state index < -0.39 is 0 Å². The lowest BCUT2D eigenvalue weighted by Crippen LogP contribution is -2.51. The number of nitrogens with zero attached hydrogens (tertiary/aromatic N) is 4. The lowest BCUT2D eigenvalue weighted by atomic mass is 10.1. The summed E-state index contributed by atoms with van der Waals surface area (Å²) >= 11 is 1.67. The molecule has 0 spiro atoms. The van der Waals surface area contributed by atoms with Gasteiger partial charge in [-0.25, -0.2) is 4.98 Å². The van der Waals surface area contributed by atoms with Crippen LogP contribution in [0.25, 0.3) is 10.2 Å². The number of anilines is 2. The van der Waals surface area contributed by atoms with Gasteiger partial charge >= 0.3 is 0 Å². The van der Waals surface area contributed by atoms with Gasteiger partial charge in [-0.15, -0.1) is 11.3 Å². The second-order valence-electron chi connectivity index (χ2n) is 5.25. The van der Waals surface area contributed by atoms with Crippen molar-refractivity contribution < 1.29 is 0 Å². The molecule has 0 saturated carbocycles.